The summed E-state index contributed by atoms with van der Waals surface area (Å²) in [4.78, 5) is 22.4. The van der Waals surface area contributed by atoms with E-state index in [1.165, 1.54) is 0 Å². The first-order valence-corrected chi connectivity index (χ1v) is 4.48. The van der Waals surface area contributed by atoms with E-state index in [1.54, 1.807) is 31.2 Å². The van der Waals surface area contributed by atoms with E-state index < -0.39 is 5.97 Å². The van der Waals surface area contributed by atoms with E-state index in [-0.39, 0.29) is 33.9 Å². The Morgan fingerprint density at radius 1 is 1.20 bits per heavy atom. The second kappa shape index (κ2) is 7.38. The van der Waals surface area contributed by atoms with Crippen LogP contribution in [0.3, 0.4) is 0 Å². The summed E-state index contributed by atoms with van der Waals surface area (Å²) in [7, 11) is 0. The summed E-state index contributed by atoms with van der Waals surface area (Å²) in [6, 6.07) is 8.71. The third-order valence-corrected chi connectivity index (χ3v) is 1.71. The van der Waals surface area contributed by atoms with Crippen molar-refractivity contribution in [2.75, 3.05) is 6.61 Å². The number of rotatable bonds is 4. The number of carbonyl (C=O) groups excluding carboxylic acids is 2. The molecule has 0 aliphatic carbocycles. The third kappa shape index (κ3) is 4.91. The van der Waals surface area contributed by atoms with Gasteiger partial charge < -0.3 is 4.74 Å². The molecule has 4 heteroatoms. The van der Waals surface area contributed by atoms with Crippen molar-refractivity contribution in [3.8, 4) is 0 Å². The number of esters is 1. The fraction of sp³-hybridized carbons (Fsp3) is 0.273. The van der Waals surface area contributed by atoms with Crippen molar-refractivity contribution in [3.63, 3.8) is 0 Å². The summed E-state index contributed by atoms with van der Waals surface area (Å²) >= 11 is 0. The molecule has 78 valence electrons. The van der Waals surface area contributed by atoms with Crippen LogP contribution >= 0.6 is 0 Å². The number of hydrogen-bond acceptors (Lipinski definition) is 3. The quantitative estimate of drug-likeness (QED) is 0.349. The van der Waals surface area contributed by atoms with Crippen LogP contribution in [-0.4, -0.2) is 18.4 Å². The minimum Gasteiger partial charge on any atom is -0.466 e. The third-order valence-electron chi connectivity index (χ3n) is 1.71. The second-order valence-electron chi connectivity index (χ2n) is 2.77. The molecule has 0 aliphatic heterocycles. The standard InChI is InChI=1S/C11H12O3.Ti/c1-2-14-11(13)8-10(12)9-6-4-3-5-7-9;/h3-7H,2,8H2,1H3;. The van der Waals surface area contributed by atoms with Crippen LogP contribution in [0.1, 0.15) is 23.7 Å². The molecule has 0 radical (unpaired) electrons. The van der Waals surface area contributed by atoms with E-state index in [0.717, 1.165) is 0 Å². The van der Waals surface area contributed by atoms with Gasteiger partial charge in [-0.05, 0) is 6.92 Å². The Kier molecular flexibility index (Phi) is 6.92. The number of ether oxygens (including phenoxy) is 1. The molecule has 0 bridgehead atoms. The van der Waals surface area contributed by atoms with Gasteiger partial charge in [-0.25, -0.2) is 0 Å². The number of hydrogen-bond donors (Lipinski definition) is 0. The van der Waals surface area contributed by atoms with Crippen molar-refractivity contribution >= 4 is 11.8 Å². The number of carbonyl (C=O) groups is 2. The van der Waals surface area contributed by atoms with Gasteiger partial charge in [0.2, 0.25) is 0 Å². The number of ketones is 1. The molecule has 0 N–H and O–H groups in total. The second-order valence-corrected chi connectivity index (χ2v) is 2.77. The first-order valence-electron chi connectivity index (χ1n) is 4.48. The molecule has 3 nitrogen and oxygen atoms in total. The van der Waals surface area contributed by atoms with Crippen molar-refractivity contribution in [1.29, 1.82) is 0 Å². The van der Waals surface area contributed by atoms with Crippen molar-refractivity contribution in [3.05, 3.63) is 35.9 Å². The van der Waals surface area contributed by atoms with E-state index in [2.05, 4.69) is 4.74 Å². The largest absolute Gasteiger partial charge is 0.466 e. The van der Waals surface area contributed by atoms with Crippen LogP contribution in [0.4, 0.5) is 0 Å². The summed E-state index contributed by atoms with van der Waals surface area (Å²) < 4.78 is 4.67. The smallest absolute Gasteiger partial charge is 0.313 e. The van der Waals surface area contributed by atoms with Crippen molar-refractivity contribution in [2.24, 2.45) is 0 Å². The van der Waals surface area contributed by atoms with Gasteiger partial charge in [0.05, 0.1) is 6.61 Å². The molecule has 0 atom stereocenters. The van der Waals surface area contributed by atoms with Gasteiger partial charge in [0, 0.05) is 27.3 Å². The Bertz CT molecular complexity index is 322. The van der Waals surface area contributed by atoms with Gasteiger partial charge >= 0.3 is 5.97 Å². The van der Waals surface area contributed by atoms with Crippen molar-refractivity contribution in [1.82, 2.24) is 0 Å². The molecular weight excluding hydrogens is 228 g/mol. The van der Waals surface area contributed by atoms with Crippen LogP contribution in [0.15, 0.2) is 30.3 Å². The zero-order chi connectivity index (χ0) is 10.4. The Labute approximate surface area is 104 Å². The molecule has 0 saturated heterocycles. The summed E-state index contributed by atoms with van der Waals surface area (Å²) in [5.74, 6) is -0.676. The normalized spacial score (nSPS) is 8.87. The summed E-state index contributed by atoms with van der Waals surface area (Å²) in [5.41, 5.74) is 0.542. The maximum absolute atomic E-state index is 11.4. The van der Waals surface area contributed by atoms with E-state index in [9.17, 15) is 9.59 Å². The monoisotopic (exact) mass is 240 g/mol. The summed E-state index contributed by atoms with van der Waals surface area (Å²) in [5, 5.41) is 0. The fourth-order valence-corrected chi connectivity index (χ4v) is 1.07. The van der Waals surface area contributed by atoms with Crippen molar-refractivity contribution < 1.29 is 36.0 Å². The van der Waals surface area contributed by atoms with Crippen LogP contribution in [0.25, 0.3) is 0 Å². The van der Waals surface area contributed by atoms with Crippen molar-refractivity contribution in [2.45, 2.75) is 13.3 Å². The van der Waals surface area contributed by atoms with E-state index in [1.807, 2.05) is 6.07 Å². The Balaban J connectivity index is 0.00000196. The zero-order valence-corrected chi connectivity index (χ0v) is 10.1. The molecule has 0 heterocycles. The molecule has 0 amide bonds. The molecule has 0 spiro atoms. The zero-order valence-electron chi connectivity index (χ0n) is 8.53. The van der Waals surface area contributed by atoms with Crippen LogP contribution in [-0.2, 0) is 31.2 Å². The molecule has 0 unspecified atom stereocenters. The molecule has 1 rings (SSSR count). The number of benzene rings is 1. The molecule has 0 aliphatic rings. The van der Waals surface area contributed by atoms with Gasteiger partial charge in [-0.1, -0.05) is 30.3 Å². The minimum atomic E-state index is -0.471. The maximum Gasteiger partial charge on any atom is 0.313 e. The molecule has 0 fully saturated rings. The maximum atomic E-state index is 11.4. The average molecular weight is 240 g/mol. The van der Waals surface area contributed by atoms with Gasteiger partial charge in [0.15, 0.2) is 5.78 Å². The summed E-state index contributed by atoms with van der Waals surface area (Å²) in [6.07, 6.45) is -0.183. The Morgan fingerprint density at radius 3 is 2.33 bits per heavy atom. The minimum absolute atomic E-state index is 0. The molecule has 0 aromatic heterocycles. The summed E-state index contributed by atoms with van der Waals surface area (Å²) in [6.45, 7) is 2.02. The van der Waals surface area contributed by atoms with Gasteiger partial charge in [0.25, 0.3) is 0 Å². The van der Waals surface area contributed by atoms with Crippen LogP contribution in [0, 0.1) is 0 Å². The molecule has 1 aromatic carbocycles. The average Bonchev–Trinajstić information content (AvgIpc) is 2.19. The first-order chi connectivity index (χ1) is 6.74. The predicted molar refractivity (Wildman–Crippen MR) is 52.0 cm³/mol. The van der Waals surface area contributed by atoms with Gasteiger partial charge in [0.1, 0.15) is 6.42 Å². The molecule has 0 saturated carbocycles. The predicted octanol–water partition coefficient (Wildman–Crippen LogP) is 1.82. The van der Waals surface area contributed by atoms with Gasteiger partial charge in [-0.3, -0.25) is 9.59 Å². The van der Waals surface area contributed by atoms with Crippen LogP contribution in [0.2, 0.25) is 0 Å². The van der Waals surface area contributed by atoms with Gasteiger partial charge in [-0.2, -0.15) is 0 Å². The molecule has 15 heavy (non-hydrogen) atoms. The molecular formula is C11H12O3Ti. The van der Waals surface area contributed by atoms with Crippen LogP contribution in [0.5, 0.6) is 0 Å². The van der Waals surface area contributed by atoms with E-state index in [4.69, 9.17) is 0 Å². The van der Waals surface area contributed by atoms with Crippen LogP contribution < -0.4 is 0 Å². The van der Waals surface area contributed by atoms with Gasteiger partial charge in [-0.15, -0.1) is 0 Å². The number of Topliss-reactive ketones (excluding diaryl/α,β-unsaturated/α-hetero) is 1. The molecule has 1 aromatic rings. The topological polar surface area (TPSA) is 43.4 Å². The SMILES string of the molecule is CCOC(=O)CC(=O)c1ccccc1.[Ti]. The first kappa shape index (κ1) is 14.1. The van der Waals surface area contributed by atoms with E-state index >= 15 is 0 Å². The Hall–Kier alpha value is -0.926. The van der Waals surface area contributed by atoms with E-state index in [0.29, 0.717) is 12.2 Å². The Morgan fingerprint density at radius 2 is 1.80 bits per heavy atom. The fourth-order valence-electron chi connectivity index (χ4n) is 1.07.